The van der Waals surface area contributed by atoms with Crippen LogP contribution in [0.1, 0.15) is 23.1 Å². The lowest BCUT2D eigenvalue weighted by Crippen LogP contribution is -2.25. The fraction of sp³-hybridized carbons (Fsp3) is 0.500. The molecule has 0 saturated heterocycles. The summed E-state index contributed by atoms with van der Waals surface area (Å²) in [5, 5.41) is 11.5. The summed E-state index contributed by atoms with van der Waals surface area (Å²) >= 11 is 1.68. The van der Waals surface area contributed by atoms with Crippen LogP contribution < -0.4 is 5.32 Å². The molecule has 0 spiro atoms. The van der Waals surface area contributed by atoms with E-state index in [2.05, 4.69) is 18.3 Å². The number of aliphatic carboxylic acids is 1. The maximum Gasteiger partial charge on any atom is 0.307 e. The van der Waals surface area contributed by atoms with Gasteiger partial charge in [0, 0.05) is 9.75 Å². The van der Waals surface area contributed by atoms with E-state index < -0.39 is 11.9 Å². The van der Waals surface area contributed by atoms with Crippen LogP contribution in [0.4, 0.5) is 0 Å². The summed E-state index contributed by atoms with van der Waals surface area (Å²) in [6.07, 6.45) is 1.48. The maximum atomic E-state index is 11.6. The van der Waals surface area contributed by atoms with Crippen molar-refractivity contribution in [1.29, 1.82) is 0 Å². The summed E-state index contributed by atoms with van der Waals surface area (Å²) < 4.78 is 0. The standard InChI is InChI=1S/C12H15NO3S/c1-2-7-3-4-8(17-7)6-13-11(14)9-5-10(9)12(15)16/h3-4,9-10H,2,5-6H2,1H3,(H,13,14)(H,15,16)/t9-,10+/m1/s1. The average molecular weight is 253 g/mol. The highest BCUT2D eigenvalue weighted by Gasteiger charge is 2.48. The van der Waals surface area contributed by atoms with Crippen LogP contribution in [0.25, 0.3) is 0 Å². The van der Waals surface area contributed by atoms with E-state index in [1.54, 1.807) is 11.3 Å². The Labute approximate surface area is 104 Å². The fourth-order valence-corrected chi connectivity index (χ4v) is 2.67. The molecule has 1 aliphatic rings. The number of hydrogen-bond acceptors (Lipinski definition) is 3. The Morgan fingerprint density at radius 1 is 1.41 bits per heavy atom. The van der Waals surface area contributed by atoms with Crippen LogP contribution in [-0.4, -0.2) is 17.0 Å². The molecule has 1 aromatic rings. The van der Waals surface area contributed by atoms with E-state index in [1.807, 2.05) is 6.07 Å². The van der Waals surface area contributed by atoms with Crippen LogP contribution in [0.3, 0.4) is 0 Å². The molecular weight excluding hydrogens is 238 g/mol. The Morgan fingerprint density at radius 2 is 2.12 bits per heavy atom. The topological polar surface area (TPSA) is 66.4 Å². The zero-order valence-corrected chi connectivity index (χ0v) is 10.4. The lowest BCUT2D eigenvalue weighted by atomic mass is 10.3. The third-order valence-corrected chi connectivity index (χ3v) is 4.18. The lowest BCUT2D eigenvalue weighted by Gasteiger charge is -2.01. The molecule has 1 aromatic heterocycles. The molecule has 1 heterocycles. The molecule has 1 amide bonds. The molecule has 2 atom stereocenters. The Morgan fingerprint density at radius 3 is 2.65 bits per heavy atom. The van der Waals surface area contributed by atoms with E-state index in [9.17, 15) is 9.59 Å². The van der Waals surface area contributed by atoms with E-state index in [0.29, 0.717) is 13.0 Å². The van der Waals surface area contributed by atoms with Crippen LogP contribution >= 0.6 is 11.3 Å². The first-order valence-corrected chi connectivity index (χ1v) is 6.51. The molecule has 5 heteroatoms. The van der Waals surface area contributed by atoms with Crippen LogP contribution in [0.2, 0.25) is 0 Å². The quantitative estimate of drug-likeness (QED) is 0.838. The number of rotatable bonds is 5. The SMILES string of the molecule is CCc1ccc(CNC(=O)[C@@H]2C[C@@H]2C(=O)O)s1. The van der Waals surface area contributed by atoms with E-state index in [1.165, 1.54) is 4.88 Å². The van der Waals surface area contributed by atoms with E-state index >= 15 is 0 Å². The van der Waals surface area contributed by atoms with Gasteiger partial charge in [0.2, 0.25) is 5.91 Å². The number of carboxylic acid groups (broad SMARTS) is 1. The van der Waals surface area contributed by atoms with Gasteiger partial charge in [-0.05, 0) is 25.0 Å². The maximum absolute atomic E-state index is 11.6. The van der Waals surface area contributed by atoms with Crippen molar-refractivity contribution in [2.24, 2.45) is 11.8 Å². The first kappa shape index (κ1) is 12.1. The fourth-order valence-electron chi connectivity index (χ4n) is 1.77. The summed E-state index contributed by atoms with van der Waals surface area (Å²) in [5.41, 5.74) is 0. The van der Waals surface area contributed by atoms with Crippen molar-refractivity contribution < 1.29 is 14.7 Å². The van der Waals surface area contributed by atoms with Crippen molar-refractivity contribution in [3.63, 3.8) is 0 Å². The molecule has 2 rings (SSSR count). The normalized spacial score (nSPS) is 22.2. The number of carboxylic acids is 1. The number of carbonyl (C=O) groups is 2. The molecule has 1 fully saturated rings. The number of carbonyl (C=O) groups excluding carboxylic acids is 1. The van der Waals surface area contributed by atoms with Gasteiger partial charge < -0.3 is 10.4 Å². The van der Waals surface area contributed by atoms with Crippen LogP contribution in [-0.2, 0) is 22.6 Å². The molecule has 0 radical (unpaired) electrons. The highest BCUT2D eigenvalue weighted by Crippen LogP contribution is 2.38. The Kier molecular flexibility index (Phi) is 3.47. The Balaban J connectivity index is 1.79. The van der Waals surface area contributed by atoms with Crippen molar-refractivity contribution in [2.45, 2.75) is 26.3 Å². The van der Waals surface area contributed by atoms with Gasteiger partial charge in [0.25, 0.3) is 0 Å². The molecule has 17 heavy (non-hydrogen) atoms. The number of aryl methyl sites for hydroxylation is 1. The van der Waals surface area contributed by atoms with Crippen molar-refractivity contribution in [3.05, 3.63) is 21.9 Å². The monoisotopic (exact) mass is 253 g/mol. The second-order valence-electron chi connectivity index (χ2n) is 4.23. The van der Waals surface area contributed by atoms with Crippen molar-refractivity contribution >= 4 is 23.2 Å². The summed E-state index contributed by atoms with van der Waals surface area (Å²) in [6, 6.07) is 4.06. The molecular formula is C12H15NO3S. The summed E-state index contributed by atoms with van der Waals surface area (Å²) in [4.78, 5) is 24.6. The Hall–Kier alpha value is -1.36. The molecule has 0 aromatic carbocycles. The number of thiophene rings is 1. The van der Waals surface area contributed by atoms with Crippen molar-refractivity contribution in [1.82, 2.24) is 5.32 Å². The molecule has 1 saturated carbocycles. The van der Waals surface area contributed by atoms with E-state index in [-0.39, 0.29) is 11.8 Å². The highest BCUT2D eigenvalue weighted by molar-refractivity contribution is 7.11. The summed E-state index contributed by atoms with van der Waals surface area (Å²) in [5.74, 6) is -1.79. The van der Waals surface area contributed by atoms with Crippen LogP contribution in [0.15, 0.2) is 12.1 Å². The van der Waals surface area contributed by atoms with Crippen LogP contribution in [0, 0.1) is 11.8 Å². The zero-order valence-electron chi connectivity index (χ0n) is 9.60. The smallest absolute Gasteiger partial charge is 0.307 e. The number of amides is 1. The van der Waals surface area contributed by atoms with E-state index in [4.69, 9.17) is 5.11 Å². The first-order valence-electron chi connectivity index (χ1n) is 5.70. The molecule has 92 valence electrons. The molecule has 0 bridgehead atoms. The third-order valence-electron chi connectivity index (χ3n) is 2.95. The summed E-state index contributed by atoms with van der Waals surface area (Å²) in [7, 11) is 0. The van der Waals surface area contributed by atoms with Gasteiger partial charge >= 0.3 is 5.97 Å². The van der Waals surface area contributed by atoms with Gasteiger partial charge in [0.15, 0.2) is 0 Å². The minimum atomic E-state index is -0.866. The minimum absolute atomic E-state index is 0.135. The van der Waals surface area contributed by atoms with Gasteiger partial charge in [-0.1, -0.05) is 6.92 Å². The molecule has 4 nitrogen and oxygen atoms in total. The van der Waals surface area contributed by atoms with Crippen molar-refractivity contribution in [3.8, 4) is 0 Å². The predicted molar refractivity (Wildman–Crippen MR) is 64.8 cm³/mol. The van der Waals surface area contributed by atoms with Gasteiger partial charge in [-0.25, -0.2) is 0 Å². The van der Waals surface area contributed by atoms with Gasteiger partial charge in [-0.2, -0.15) is 0 Å². The largest absolute Gasteiger partial charge is 0.481 e. The molecule has 0 aliphatic heterocycles. The van der Waals surface area contributed by atoms with Crippen molar-refractivity contribution in [2.75, 3.05) is 0 Å². The van der Waals surface area contributed by atoms with Gasteiger partial charge in [-0.3, -0.25) is 9.59 Å². The average Bonchev–Trinajstić information content (AvgIpc) is 2.99. The third kappa shape index (κ3) is 2.85. The molecule has 2 N–H and O–H groups in total. The van der Waals surface area contributed by atoms with Gasteiger partial charge in [-0.15, -0.1) is 11.3 Å². The number of nitrogens with one attached hydrogen (secondary N) is 1. The molecule has 1 aliphatic carbocycles. The lowest BCUT2D eigenvalue weighted by molar-refractivity contribution is -0.140. The van der Waals surface area contributed by atoms with Gasteiger partial charge in [0.1, 0.15) is 0 Å². The van der Waals surface area contributed by atoms with E-state index in [0.717, 1.165) is 11.3 Å². The minimum Gasteiger partial charge on any atom is -0.481 e. The summed E-state index contributed by atoms with van der Waals surface area (Å²) in [6.45, 7) is 2.60. The second-order valence-corrected chi connectivity index (χ2v) is 5.48. The second kappa shape index (κ2) is 4.87. The predicted octanol–water partition coefficient (Wildman–Crippen LogP) is 1.65. The first-order chi connectivity index (χ1) is 8.11. The van der Waals surface area contributed by atoms with Gasteiger partial charge in [0.05, 0.1) is 18.4 Å². The van der Waals surface area contributed by atoms with Crippen LogP contribution in [0.5, 0.6) is 0 Å². The zero-order chi connectivity index (χ0) is 12.4. The Bertz CT molecular complexity index is 441. The number of hydrogen-bond donors (Lipinski definition) is 2. The highest BCUT2D eigenvalue weighted by atomic mass is 32.1. The molecule has 0 unspecified atom stereocenters.